The van der Waals surface area contributed by atoms with Crippen LogP contribution >= 0.6 is 0 Å². The number of amides is 1. The van der Waals surface area contributed by atoms with Crippen LogP contribution in [0.25, 0.3) is 21.7 Å². The van der Waals surface area contributed by atoms with E-state index >= 15 is 0 Å². The van der Waals surface area contributed by atoms with Crippen LogP contribution < -0.4 is 10.3 Å². The van der Waals surface area contributed by atoms with Gasteiger partial charge in [-0.05, 0) is 36.1 Å². The summed E-state index contributed by atoms with van der Waals surface area (Å²) >= 11 is 0. The molecule has 0 aliphatic carbocycles. The lowest BCUT2D eigenvalue weighted by atomic mass is 9.97. The molecule has 4 heterocycles. The Bertz CT molecular complexity index is 1970. The Labute approximate surface area is 228 Å². The molecule has 5 aromatic rings. The standard InChI is InChI=1S/C29H23N3O7S/c1-17-16-23(30-39-17)32-25(19-6-9-20(10-7-19)40(35,36)31-12-14-37-15-13-31)24-26(33)22-11-8-18-4-2-3-5-21(18)27(22)38-28(24)29(32)34/h2-11,16,25H,12-15H2,1H3. The molecule has 11 heteroatoms. The van der Waals surface area contributed by atoms with Gasteiger partial charge in [-0.15, -0.1) is 0 Å². The largest absolute Gasteiger partial charge is 0.450 e. The second-order valence-corrected chi connectivity index (χ2v) is 11.7. The third-order valence-electron chi connectivity index (χ3n) is 7.43. The molecule has 3 aromatic carbocycles. The zero-order valence-corrected chi connectivity index (χ0v) is 22.2. The monoisotopic (exact) mass is 557 g/mol. The molecule has 7 rings (SSSR count). The minimum absolute atomic E-state index is 0.0791. The molecule has 0 N–H and O–H groups in total. The average Bonchev–Trinajstić information content (AvgIpc) is 3.54. The molecule has 10 nitrogen and oxygen atoms in total. The molecular weight excluding hydrogens is 534 g/mol. The Morgan fingerprint density at radius 1 is 0.925 bits per heavy atom. The zero-order valence-electron chi connectivity index (χ0n) is 21.4. The first kappa shape index (κ1) is 24.7. The summed E-state index contributed by atoms with van der Waals surface area (Å²) in [6.45, 7) is 2.93. The van der Waals surface area contributed by atoms with Crippen molar-refractivity contribution in [3.63, 3.8) is 0 Å². The highest BCUT2D eigenvalue weighted by Gasteiger charge is 2.45. The molecule has 0 spiro atoms. The Hall–Kier alpha value is -4.32. The van der Waals surface area contributed by atoms with Crippen LogP contribution in [-0.4, -0.2) is 50.1 Å². The number of hydrogen-bond acceptors (Lipinski definition) is 8. The Morgan fingerprint density at radius 2 is 1.68 bits per heavy atom. The topological polar surface area (TPSA) is 123 Å². The number of carbonyl (C=O) groups excluding carboxylic acids is 1. The summed E-state index contributed by atoms with van der Waals surface area (Å²) in [5, 5.41) is 5.99. The van der Waals surface area contributed by atoms with E-state index in [1.165, 1.54) is 21.3 Å². The van der Waals surface area contributed by atoms with E-state index in [4.69, 9.17) is 13.7 Å². The van der Waals surface area contributed by atoms with E-state index in [0.717, 1.165) is 10.8 Å². The highest BCUT2D eigenvalue weighted by atomic mass is 32.2. The number of ether oxygens (including phenoxy) is 1. The fourth-order valence-corrected chi connectivity index (χ4v) is 6.88. The van der Waals surface area contributed by atoms with Gasteiger partial charge in [0.1, 0.15) is 11.3 Å². The number of rotatable bonds is 4. The summed E-state index contributed by atoms with van der Waals surface area (Å²) in [6.07, 6.45) is 0. The second-order valence-electron chi connectivity index (χ2n) is 9.80. The van der Waals surface area contributed by atoms with Crippen LogP contribution in [0.2, 0.25) is 0 Å². The molecule has 2 aliphatic heterocycles. The van der Waals surface area contributed by atoms with Gasteiger partial charge in [-0.3, -0.25) is 14.5 Å². The lowest BCUT2D eigenvalue weighted by Crippen LogP contribution is -2.40. The molecule has 0 radical (unpaired) electrons. The van der Waals surface area contributed by atoms with Crippen LogP contribution in [-0.2, 0) is 14.8 Å². The maximum Gasteiger partial charge on any atom is 0.296 e. The van der Waals surface area contributed by atoms with Gasteiger partial charge >= 0.3 is 0 Å². The van der Waals surface area contributed by atoms with E-state index in [1.807, 2.05) is 30.3 Å². The number of aromatic nitrogens is 1. The first-order valence-corrected chi connectivity index (χ1v) is 14.2. The van der Waals surface area contributed by atoms with Crippen molar-refractivity contribution in [2.75, 3.05) is 31.2 Å². The molecule has 202 valence electrons. The maximum absolute atomic E-state index is 14.0. The predicted octanol–water partition coefficient (Wildman–Crippen LogP) is 4.01. The summed E-state index contributed by atoms with van der Waals surface area (Å²) in [5.74, 6) is 0.0897. The van der Waals surface area contributed by atoms with Gasteiger partial charge in [0.05, 0.1) is 35.1 Å². The van der Waals surface area contributed by atoms with E-state index < -0.39 is 22.0 Å². The van der Waals surface area contributed by atoms with Gasteiger partial charge in [0.2, 0.25) is 15.8 Å². The van der Waals surface area contributed by atoms with Crippen LogP contribution in [0.4, 0.5) is 5.82 Å². The van der Waals surface area contributed by atoms with Crippen LogP contribution in [0, 0.1) is 6.92 Å². The van der Waals surface area contributed by atoms with Crippen molar-refractivity contribution in [3.05, 3.63) is 99.6 Å². The lowest BCUT2D eigenvalue weighted by molar-refractivity contribution is 0.0730. The number of hydrogen-bond donors (Lipinski definition) is 0. The Balaban J connectivity index is 1.40. The van der Waals surface area contributed by atoms with Gasteiger partial charge in [0, 0.05) is 24.5 Å². The first-order chi connectivity index (χ1) is 19.3. The number of carbonyl (C=O) groups is 1. The van der Waals surface area contributed by atoms with E-state index in [0.29, 0.717) is 35.5 Å². The first-order valence-electron chi connectivity index (χ1n) is 12.8. The van der Waals surface area contributed by atoms with Gasteiger partial charge in [0.15, 0.2) is 11.2 Å². The second kappa shape index (κ2) is 9.12. The minimum atomic E-state index is -3.73. The van der Waals surface area contributed by atoms with Crippen LogP contribution in [0.15, 0.2) is 85.4 Å². The third-order valence-corrected chi connectivity index (χ3v) is 9.34. The van der Waals surface area contributed by atoms with Crippen LogP contribution in [0.3, 0.4) is 0 Å². The van der Waals surface area contributed by atoms with E-state index in [2.05, 4.69) is 5.16 Å². The highest BCUT2D eigenvalue weighted by molar-refractivity contribution is 7.89. The molecule has 1 amide bonds. The maximum atomic E-state index is 14.0. The van der Waals surface area contributed by atoms with Crippen molar-refractivity contribution < 1.29 is 26.9 Å². The molecular formula is C29H23N3O7S. The normalized spacial score (nSPS) is 18.1. The van der Waals surface area contributed by atoms with E-state index in [9.17, 15) is 18.0 Å². The van der Waals surface area contributed by atoms with Crippen molar-refractivity contribution in [2.24, 2.45) is 0 Å². The minimum Gasteiger partial charge on any atom is -0.450 e. The summed E-state index contributed by atoms with van der Waals surface area (Å²) in [7, 11) is -3.73. The van der Waals surface area contributed by atoms with Gasteiger partial charge in [0.25, 0.3) is 5.91 Å². The molecule has 40 heavy (non-hydrogen) atoms. The predicted molar refractivity (Wildman–Crippen MR) is 146 cm³/mol. The number of anilines is 1. The smallest absolute Gasteiger partial charge is 0.296 e. The fraction of sp³-hybridized carbons (Fsp3) is 0.207. The highest BCUT2D eigenvalue weighted by Crippen LogP contribution is 2.42. The number of sulfonamides is 1. The third kappa shape index (κ3) is 3.69. The van der Waals surface area contributed by atoms with E-state index in [1.54, 1.807) is 31.2 Å². The van der Waals surface area contributed by atoms with Crippen molar-refractivity contribution >= 4 is 43.5 Å². The summed E-state index contributed by atoms with van der Waals surface area (Å²) < 4.78 is 44.5. The number of aryl methyl sites for hydroxylation is 1. The van der Waals surface area contributed by atoms with Gasteiger partial charge in [-0.1, -0.05) is 47.6 Å². The molecule has 1 saturated heterocycles. The zero-order chi connectivity index (χ0) is 27.6. The van der Waals surface area contributed by atoms with Crippen molar-refractivity contribution in [2.45, 2.75) is 17.9 Å². The average molecular weight is 558 g/mol. The molecule has 1 atom stereocenters. The SMILES string of the molecule is Cc1cc(N2C(=O)c3oc4c(ccc5ccccc54)c(=O)c3C2c2ccc(S(=O)(=O)N3CCOCC3)cc2)no1. The van der Waals surface area contributed by atoms with Crippen molar-refractivity contribution in [3.8, 4) is 0 Å². The molecule has 2 aliphatic rings. The van der Waals surface area contributed by atoms with Crippen molar-refractivity contribution in [1.82, 2.24) is 9.46 Å². The van der Waals surface area contributed by atoms with Crippen LogP contribution in [0.5, 0.6) is 0 Å². The number of fused-ring (bicyclic) bond motifs is 4. The molecule has 0 saturated carbocycles. The summed E-state index contributed by atoms with van der Waals surface area (Å²) in [4.78, 5) is 29.3. The van der Waals surface area contributed by atoms with E-state index in [-0.39, 0.29) is 40.6 Å². The summed E-state index contributed by atoms with van der Waals surface area (Å²) in [6, 6.07) is 17.9. The lowest BCUT2D eigenvalue weighted by Gasteiger charge is -2.26. The van der Waals surface area contributed by atoms with Gasteiger partial charge in [-0.2, -0.15) is 4.31 Å². The van der Waals surface area contributed by atoms with Crippen LogP contribution in [0.1, 0.15) is 33.5 Å². The number of morpholine rings is 1. The molecule has 1 unspecified atom stereocenters. The molecule has 2 aromatic heterocycles. The van der Waals surface area contributed by atoms with Gasteiger partial charge < -0.3 is 13.7 Å². The quantitative estimate of drug-likeness (QED) is 0.304. The fourth-order valence-electron chi connectivity index (χ4n) is 5.48. The molecule has 1 fully saturated rings. The number of benzene rings is 3. The van der Waals surface area contributed by atoms with Gasteiger partial charge in [-0.25, -0.2) is 8.42 Å². The van der Waals surface area contributed by atoms with Crippen molar-refractivity contribution in [1.29, 1.82) is 0 Å². The number of nitrogens with zero attached hydrogens (tertiary/aromatic N) is 3. The Kier molecular flexibility index (Phi) is 5.63. The molecule has 0 bridgehead atoms. The Morgan fingerprint density at radius 3 is 2.40 bits per heavy atom. The summed E-state index contributed by atoms with van der Waals surface area (Å²) in [5.41, 5.74) is 0.686.